The molecule has 1 saturated heterocycles. The summed E-state index contributed by atoms with van der Waals surface area (Å²) in [6.07, 6.45) is -11.0. The zero-order valence-corrected chi connectivity index (χ0v) is 19.1. The topological polar surface area (TPSA) is 98.1 Å². The summed E-state index contributed by atoms with van der Waals surface area (Å²) in [5.74, 6) is -0.139. The molecule has 1 aromatic carbocycles. The summed E-state index contributed by atoms with van der Waals surface area (Å²) < 4.78 is 85.8. The van der Waals surface area contributed by atoms with Gasteiger partial charge in [0.15, 0.2) is 23.1 Å². The zero-order valence-electron chi connectivity index (χ0n) is 19.1. The Balaban J connectivity index is 1.76. The van der Waals surface area contributed by atoms with E-state index in [4.69, 9.17) is 4.74 Å². The molecule has 0 saturated carbocycles. The monoisotopic (exact) mass is 517 g/mol. The maximum Gasteiger partial charge on any atom is 0.425 e. The number of carbonyl (C=O) groups is 1. The van der Waals surface area contributed by atoms with Crippen LogP contribution < -0.4 is 15.0 Å². The molecule has 1 aliphatic rings. The van der Waals surface area contributed by atoms with E-state index >= 15 is 0 Å². The molecule has 0 aliphatic carbocycles. The van der Waals surface area contributed by atoms with Gasteiger partial charge in [0, 0.05) is 26.1 Å². The van der Waals surface area contributed by atoms with Crippen molar-refractivity contribution in [2.45, 2.75) is 51.3 Å². The lowest BCUT2D eigenvalue weighted by atomic mass is 10.1. The van der Waals surface area contributed by atoms with Crippen molar-refractivity contribution >= 4 is 22.9 Å². The first kappa shape index (κ1) is 25.4. The Bertz CT molecular complexity index is 1260. The first-order valence-electron chi connectivity index (χ1n) is 10.8. The number of nitrogens with one attached hydrogen (secondary N) is 1. The molecule has 0 bridgehead atoms. The number of ether oxygens (including phenoxy) is 1. The van der Waals surface area contributed by atoms with E-state index in [9.17, 15) is 31.1 Å². The van der Waals surface area contributed by atoms with Crippen LogP contribution in [0.2, 0.25) is 0 Å². The molecule has 0 spiro atoms. The lowest BCUT2D eigenvalue weighted by Gasteiger charge is -2.20. The van der Waals surface area contributed by atoms with Crippen molar-refractivity contribution in [2.24, 2.45) is 0 Å². The fourth-order valence-electron chi connectivity index (χ4n) is 3.88. The van der Waals surface area contributed by atoms with Crippen molar-refractivity contribution in [3.05, 3.63) is 35.4 Å². The second-order valence-electron chi connectivity index (χ2n) is 8.34. The van der Waals surface area contributed by atoms with Crippen LogP contribution in [0.25, 0.3) is 11.2 Å². The van der Waals surface area contributed by atoms with Crippen molar-refractivity contribution in [3.63, 3.8) is 0 Å². The molecular formula is C21H21F6N7O2. The minimum Gasteiger partial charge on any atom is -0.451 e. The minimum atomic E-state index is -4.70. The van der Waals surface area contributed by atoms with Crippen molar-refractivity contribution < 1.29 is 35.9 Å². The van der Waals surface area contributed by atoms with Gasteiger partial charge in [-0.25, -0.2) is 4.68 Å². The summed E-state index contributed by atoms with van der Waals surface area (Å²) >= 11 is 0. The van der Waals surface area contributed by atoms with Crippen molar-refractivity contribution in [2.75, 3.05) is 18.0 Å². The van der Waals surface area contributed by atoms with Gasteiger partial charge in [-0.2, -0.15) is 36.3 Å². The van der Waals surface area contributed by atoms with E-state index in [2.05, 4.69) is 25.6 Å². The first-order valence-corrected chi connectivity index (χ1v) is 10.8. The molecule has 2 atom stereocenters. The third kappa shape index (κ3) is 5.44. The van der Waals surface area contributed by atoms with Gasteiger partial charge in [0.2, 0.25) is 5.91 Å². The average molecular weight is 517 g/mol. The number of alkyl halides is 6. The van der Waals surface area contributed by atoms with E-state index in [0.29, 0.717) is 13.0 Å². The van der Waals surface area contributed by atoms with Gasteiger partial charge in [-0.15, -0.1) is 5.10 Å². The van der Waals surface area contributed by atoms with Crippen molar-refractivity contribution in [1.82, 2.24) is 30.3 Å². The maximum absolute atomic E-state index is 13.5. The third-order valence-corrected chi connectivity index (χ3v) is 5.61. The molecule has 15 heteroatoms. The molecule has 0 radical (unpaired) electrons. The summed E-state index contributed by atoms with van der Waals surface area (Å²) in [4.78, 5) is 21.2. The van der Waals surface area contributed by atoms with Crippen LogP contribution in [0.1, 0.15) is 31.4 Å². The zero-order chi connectivity index (χ0) is 26.3. The van der Waals surface area contributed by atoms with Crippen LogP contribution in [-0.4, -0.2) is 62.3 Å². The Morgan fingerprint density at radius 3 is 2.58 bits per heavy atom. The highest BCUT2D eigenvalue weighted by Crippen LogP contribution is 2.33. The quantitative estimate of drug-likeness (QED) is 0.501. The number of nitrogens with zero attached hydrogens (tertiary/aromatic N) is 6. The number of aromatic nitrogens is 5. The molecule has 2 aromatic heterocycles. The Hall–Kier alpha value is -3.65. The van der Waals surface area contributed by atoms with Gasteiger partial charge < -0.3 is 15.0 Å². The third-order valence-electron chi connectivity index (χ3n) is 5.61. The highest BCUT2D eigenvalue weighted by Gasteiger charge is 2.39. The predicted molar refractivity (Wildman–Crippen MR) is 114 cm³/mol. The number of rotatable bonds is 6. The van der Waals surface area contributed by atoms with E-state index in [1.807, 2.05) is 0 Å². The molecule has 1 N–H and O–H groups in total. The van der Waals surface area contributed by atoms with Crippen LogP contribution in [0.5, 0.6) is 6.01 Å². The van der Waals surface area contributed by atoms with Gasteiger partial charge in [-0.3, -0.25) is 4.79 Å². The maximum atomic E-state index is 13.5. The summed E-state index contributed by atoms with van der Waals surface area (Å²) in [6.45, 7) is 2.41. The van der Waals surface area contributed by atoms with Gasteiger partial charge >= 0.3 is 18.4 Å². The molecule has 3 heterocycles. The number of halogens is 6. The summed E-state index contributed by atoms with van der Waals surface area (Å²) in [6, 6.07) is 3.99. The fourth-order valence-corrected chi connectivity index (χ4v) is 3.88. The summed E-state index contributed by atoms with van der Waals surface area (Å²) in [7, 11) is 0. The predicted octanol–water partition coefficient (Wildman–Crippen LogP) is 3.33. The van der Waals surface area contributed by atoms with Gasteiger partial charge in [0.05, 0.1) is 12.1 Å². The number of benzene rings is 1. The Morgan fingerprint density at radius 1 is 1.19 bits per heavy atom. The summed E-state index contributed by atoms with van der Waals surface area (Å²) in [5, 5.41) is 10.7. The Labute approximate surface area is 200 Å². The molecule has 4 rings (SSSR count). The Morgan fingerprint density at radius 2 is 1.92 bits per heavy atom. The highest BCUT2D eigenvalue weighted by molar-refractivity contribution is 5.83. The smallest absolute Gasteiger partial charge is 0.425 e. The van der Waals surface area contributed by atoms with Crippen LogP contribution >= 0.6 is 0 Å². The van der Waals surface area contributed by atoms with Gasteiger partial charge in [-0.05, 0) is 25.0 Å². The molecule has 0 unspecified atom stereocenters. The largest absolute Gasteiger partial charge is 0.451 e. The molecule has 194 valence electrons. The first-order chi connectivity index (χ1) is 16.8. The molecule has 1 aliphatic heterocycles. The van der Waals surface area contributed by atoms with Gasteiger partial charge in [-0.1, -0.05) is 23.4 Å². The molecule has 3 aromatic rings. The van der Waals surface area contributed by atoms with Crippen LogP contribution in [0, 0.1) is 0 Å². The van der Waals surface area contributed by atoms with Crippen LogP contribution in [0.4, 0.5) is 32.2 Å². The van der Waals surface area contributed by atoms with Gasteiger partial charge in [0.1, 0.15) is 0 Å². The number of carbonyl (C=O) groups excluding carboxylic acids is 1. The van der Waals surface area contributed by atoms with Crippen LogP contribution in [0.3, 0.4) is 0 Å². The standard InChI is InChI=1S/C21H21F6N7O2/c1-11(20(22,23)24)36-19-29-17(33-8-7-14(10-33)28-12(2)35)16-18(30-19)34(32-31-16)9-13-5-3-4-6-15(13)21(25,26)27/h3-6,11,14H,7-10H2,1-2H3,(H,28,35)/t11-,14-/m0/s1. The number of hydrogen-bond donors (Lipinski definition) is 1. The molecule has 1 amide bonds. The van der Waals surface area contributed by atoms with Crippen molar-refractivity contribution in [3.8, 4) is 6.01 Å². The van der Waals surface area contributed by atoms with E-state index < -0.39 is 36.6 Å². The summed E-state index contributed by atoms with van der Waals surface area (Å²) in [5.41, 5.74) is -1.03. The average Bonchev–Trinajstić information content (AvgIpc) is 3.39. The van der Waals surface area contributed by atoms with E-state index in [-0.39, 0.29) is 41.0 Å². The normalized spacial score (nSPS) is 17.4. The van der Waals surface area contributed by atoms with Crippen LogP contribution in [0.15, 0.2) is 24.3 Å². The van der Waals surface area contributed by atoms with Gasteiger partial charge in [0.25, 0.3) is 0 Å². The second-order valence-corrected chi connectivity index (χ2v) is 8.34. The van der Waals surface area contributed by atoms with E-state index in [1.165, 1.54) is 25.1 Å². The molecule has 1 fully saturated rings. The lowest BCUT2D eigenvalue weighted by molar-refractivity contribution is -0.190. The molecule has 36 heavy (non-hydrogen) atoms. The number of amides is 1. The molecular weight excluding hydrogens is 496 g/mol. The van der Waals surface area contributed by atoms with Crippen LogP contribution in [-0.2, 0) is 17.5 Å². The number of anilines is 1. The number of hydrogen-bond acceptors (Lipinski definition) is 7. The SMILES string of the molecule is CC(=O)N[C@H]1CCN(c2nc(O[C@@H](C)C(F)(F)F)nc3c2nnn3Cc2ccccc2C(F)(F)F)C1. The highest BCUT2D eigenvalue weighted by atomic mass is 19.4. The minimum absolute atomic E-state index is 0.0787. The number of fused-ring (bicyclic) bond motifs is 1. The second kappa shape index (κ2) is 9.43. The Kier molecular flexibility index (Phi) is 6.66. The molecule has 9 nitrogen and oxygen atoms in total. The lowest BCUT2D eigenvalue weighted by Crippen LogP contribution is -2.36. The van der Waals surface area contributed by atoms with E-state index in [1.54, 1.807) is 4.90 Å². The van der Waals surface area contributed by atoms with E-state index in [0.717, 1.165) is 17.7 Å². The fraction of sp³-hybridized carbons (Fsp3) is 0.476. The van der Waals surface area contributed by atoms with Crippen molar-refractivity contribution in [1.29, 1.82) is 0 Å².